The summed E-state index contributed by atoms with van der Waals surface area (Å²) in [5.74, 6) is -1.26. The van der Waals surface area contributed by atoms with Gasteiger partial charge in [-0.25, -0.2) is 0 Å². The number of aliphatic carboxylic acids is 1. The molecule has 25 heavy (non-hydrogen) atoms. The predicted octanol–water partition coefficient (Wildman–Crippen LogP) is 3.25. The third-order valence-electron chi connectivity index (χ3n) is 4.71. The molecule has 1 aliphatic carbocycles. The van der Waals surface area contributed by atoms with E-state index < -0.39 is 18.2 Å². The fourth-order valence-electron chi connectivity index (χ4n) is 3.22. The van der Waals surface area contributed by atoms with Crippen LogP contribution in [0.3, 0.4) is 0 Å². The SMILES string of the molecule is CCCCCC(O)/C=C/[C@H]1C(O)CC(=O)[C@@H]1C/C=C\CCCC(=O)O. The first-order valence-electron chi connectivity index (χ1n) is 9.39. The summed E-state index contributed by atoms with van der Waals surface area (Å²) in [6, 6.07) is 0. The van der Waals surface area contributed by atoms with Crippen LogP contribution in [0.25, 0.3) is 0 Å². The number of Topliss-reactive ketones (excluding diaryl/α,β-unsaturated/α-hetero) is 1. The first-order valence-corrected chi connectivity index (χ1v) is 9.39. The zero-order valence-corrected chi connectivity index (χ0v) is 15.1. The molecule has 1 fully saturated rings. The van der Waals surface area contributed by atoms with Crippen molar-refractivity contribution >= 4 is 11.8 Å². The average Bonchev–Trinajstić information content (AvgIpc) is 2.82. The molecule has 0 spiro atoms. The van der Waals surface area contributed by atoms with Crippen LogP contribution in [0.2, 0.25) is 0 Å². The van der Waals surface area contributed by atoms with Gasteiger partial charge in [-0.05, 0) is 25.7 Å². The predicted molar refractivity (Wildman–Crippen MR) is 97.1 cm³/mol. The van der Waals surface area contributed by atoms with Crippen LogP contribution in [0.15, 0.2) is 24.3 Å². The molecule has 0 aromatic rings. The van der Waals surface area contributed by atoms with E-state index in [-0.39, 0.29) is 30.5 Å². The Morgan fingerprint density at radius 3 is 2.72 bits per heavy atom. The molecule has 0 aliphatic heterocycles. The lowest BCUT2D eigenvalue weighted by Gasteiger charge is -2.16. The lowest BCUT2D eigenvalue weighted by Crippen LogP contribution is -2.18. The average molecular weight is 352 g/mol. The molecule has 0 radical (unpaired) electrons. The number of aliphatic hydroxyl groups excluding tert-OH is 2. The van der Waals surface area contributed by atoms with Crippen molar-refractivity contribution < 1.29 is 24.9 Å². The molecular weight excluding hydrogens is 320 g/mol. The maximum absolute atomic E-state index is 12.1. The van der Waals surface area contributed by atoms with Crippen LogP contribution in [0.1, 0.15) is 64.7 Å². The van der Waals surface area contributed by atoms with E-state index in [1.807, 2.05) is 12.2 Å². The monoisotopic (exact) mass is 352 g/mol. The minimum atomic E-state index is -0.801. The van der Waals surface area contributed by atoms with Crippen LogP contribution < -0.4 is 0 Å². The zero-order valence-electron chi connectivity index (χ0n) is 15.1. The summed E-state index contributed by atoms with van der Waals surface area (Å²) in [6.45, 7) is 2.11. The van der Waals surface area contributed by atoms with Crippen molar-refractivity contribution in [2.45, 2.75) is 76.9 Å². The largest absolute Gasteiger partial charge is 0.481 e. The highest BCUT2D eigenvalue weighted by Crippen LogP contribution is 2.33. The zero-order chi connectivity index (χ0) is 18.7. The number of carboxylic acids is 1. The molecule has 0 bridgehead atoms. The van der Waals surface area contributed by atoms with E-state index in [1.165, 1.54) is 0 Å². The van der Waals surface area contributed by atoms with Gasteiger partial charge in [-0.2, -0.15) is 0 Å². The molecular formula is C20H32O5. The first-order chi connectivity index (χ1) is 12.0. The Morgan fingerprint density at radius 2 is 2.04 bits per heavy atom. The molecule has 0 aromatic heterocycles. The fourth-order valence-corrected chi connectivity index (χ4v) is 3.22. The van der Waals surface area contributed by atoms with Crippen molar-refractivity contribution in [1.82, 2.24) is 0 Å². The lowest BCUT2D eigenvalue weighted by molar-refractivity contribution is -0.137. The van der Waals surface area contributed by atoms with Gasteiger partial charge in [-0.1, -0.05) is 50.5 Å². The number of unbranched alkanes of at least 4 members (excludes halogenated alkanes) is 3. The van der Waals surface area contributed by atoms with Crippen molar-refractivity contribution in [2.75, 3.05) is 0 Å². The summed E-state index contributed by atoms with van der Waals surface area (Å²) in [5.41, 5.74) is 0. The van der Waals surface area contributed by atoms with Gasteiger partial charge in [-0.15, -0.1) is 0 Å². The highest BCUT2D eigenvalue weighted by Gasteiger charge is 2.39. The van der Waals surface area contributed by atoms with Crippen LogP contribution in [-0.2, 0) is 9.59 Å². The van der Waals surface area contributed by atoms with Crippen molar-refractivity contribution in [3.05, 3.63) is 24.3 Å². The Morgan fingerprint density at radius 1 is 1.28 bits per heavy atom. The molecule has 0 amide bonds. The standard InChI is InChI=1S/C20H32O5/c1-2-3-6-9-15(21)12-13-17-16(18(22)14-19(17)23)10-7-4-5-8-11-20(24)25/h4,7,12-13,15-17,19,21,23H,2-3,5-6,8-11,14H2,1H3,(H,24,25)/b7-4-,13-12+/t15?,16-,17-,19?/m1/s1. The molecule has 1 aliphatic rings. The Labute approximate surface area is 150 Å². The van der Waals surface area contributed by atoms with E-state index in [0.717, 1.165) is 19.3 Å². The van der Waals surface area contributed by atoms with Crippen molar-refractivity contribution in [3.8, 4) is 0 Å². The molecule has 2 unspecified atom stereocenters. The number of aliphatic hydroxyl groups is 2. The second-order valence-corrected chi connectivity index (χ2v) is 6.86. The van der Waals surface area contributed by atoms with Crippen LogP contribution in [0.5, 0.6) is 0 Å². The van der Waals surface area contributed by atoms with Crippen LogP contribution in [0, 0.1) is 11.8 Å². The summed E-state index contributed by atoms with van der Waals surface area (Å²) < 4.78 is 0. The van der Waals surface area contributed by atoms with Gasteiger partial charge in [0.1, 0.15) is 5.78 Å². The van der Waals surface area contributed by atoms with E-state index in [4.69, 9.17) is 5.11 Å². The summed E-state index contributed by atoms with van der Waals surface area (Å²) in [4.78, 5) is 22.5. The highest BCUT2D eigenvalue weighted by atomic mass is 16.4. The Hall–Kier alpha value is -1.46. The summed E-state index contributed by atoms with van der Waals surface area (Å²) in [7, 11) is 0. The number of hydrogen-bond donors (Lipinski definition) is 3. The number of carbonyl (C=O) groups is 2. The maximum atomic E-state index is 12.1. The van der Waals surface area contributed by atoms with Gasteiger partial charge in [0.25, 0.3) is 0 Å². The number of ketones is 1. The van der Waals surface area contributed by atoms with Gasteiger partial charge < -0.3 is 15.3 Å². The van der Waals surface area contributed by atoms with Crippen LogP contribution in [-0.4, -0.2) is 39.3 Å². The molecule has 3 N–H and O–H groups in total. The summed E-state index contributed by atoms with van der Waals surface area (Å²) >= 11 is 0. The molecule has 1 rings (SSSR count). The minimum Gasteiger partial charge on any atom is -0.481 e. The van der Waals surface area contributed by atoms with Gasteiger partial charge in [0.15, 0.2) is 0 Å². The molecule has 0 heterocycles. The Balaban J connectivity index is 2.48. The van der Waals surface area contributed by atoms with Crippen LogP contribution in [0.4, 0.5) is 0 Å². The lowest BCUT2D eigenvalue weighted by atomic mass is 9.90. The number of carboxylic acid groups (broad SMARTS) is 1. The molecule has 142 valence electrons. The van der Waals surface area contributed by atoms with Gasteiger partial charge in [0.2, 0.25) is 0 Å². The number of hydrogen-bond acceptors (Lipinski definition) is 4. The Bertz CT molecular complexity index is 469. The second-order valence-electron chi connectivity index (χ2n) is 6.86. The second kappa shape index (κ2) is 12.0. The third kappa shape index (κ3) is 8.45. The first kappa shape index (κ1) is 21.6. The molecule has 4 atom stereocenters. The molecule has 5 heteroatoms. The number of carbonyl (C=O) groups excluding carboxylic acids is 1. The van der Waals surface area contributed by atoms with Gasteiger partial charge in [-0.3, -0.25) is 9.59 Å². The fraction of sp³-hybridized carbons (Fsp3) is 0.700. The molecule has 0 saturated heterocycles. The van der Waals surface area contributed by atoms with E-state index in [1.54, 1.807) is 12.2 Å². The molecule has 0 aromatic carbocycles. The molecule has 1 saturated carbocycles. The third-order valence-corrected chi connectivity index (χ3v) is 4.71. The normalized spacial score (nSPS) is 25.2. The number of rotatable bonds is 12. The van der Waals surface area contributed by atoms with Crippen molar-refractivity contribution in [3.63, 3.8) is 0 Å². The quantitative estimate of drug-likeness (QED) is 0.370. The minimum absolute atomic E-state index is 0.0535. The van der Waals surface area contributed by atoms with Gasteiger partial charge in [0, 0.05) is 24.7 Å². The van der Waals surface area contributed by atoms with E-state index in [2.05, 4.69) is 6.92 Å². The topological polar surface area (TPSA) is 94.8 Å². The van der Waals surface area contributed by atoms with Crippen molar-refractivity contribution in [2.24, 2.45) is 11.8 Å². The van der Waals surface area contributed by atoms with Gasteiger partial charge in [0.05, 0.1) is 12.2 Å². The highest BCUT2D eigenvalue weighted by molar-refractivity contribution is 5.84. The molecule has 5 nitrogen and oxygen atoms in total. The van der Waals surface area contributed by atoms with E-state index in [9.17, 15) is 19.8 Å². The van der Waals surface area contributed by atoms with E-state index >= 15 is 0 Å². The number of allylic oxidation sites excluding steroid dienone is 2. The Kier molecular flexibility index (Phi) is 10.3. The maximum Gasteiger partial charge on any atom is 0.303 e. The van der Waals surface area contributed by atoms with Gasteiger partial charge >= 0.3 is 5.97 Å². The van der Waals surface area contributed by atoms with E-state index in [0.29, 0.717) is 25.7 Å². The summed E-state index contributed by atoms with van der Waals surface area (Å²) in [5, 5.41) is 28.7. The van der Waals surface area contributed by atoms with Crippen LogP contribution >= 0.6 is 0 Å². The smallest absolute Gasteiger partial charge is 0.303 e. The summed E-state index contributed by atoms with van der Waals surface area (Å²) in [6.07, 6.45) is 12.1. The van der Waals surface area contributed by atoms with Crippen molar-refractivity contribution in [1.29, 1.82) is 0 Å².